The van der Waals surface area contributed by atoms with Crippen LogP contribution in [0.1, 0.15) is 13.8 Å². The molecule has 0 aliphatic rings. The molecule has 0 N–H and O–H groups in total. The predicted molar refractivity (Wildman–Crippen MR) is 76.5 cm³/mol. The van der Waals surface area contributed by atoms with Gasteiger partial charge in [0.15, 0.2) is 0 Å². The Morgan fingerprint density at radius 2 is 1.78 bits per heavy atom. The second-order valence-corrected chi connectivity index (χ2v) is 4.10. The Kier molecular flexibility index (Phi) is 3.51. The van der Waals surface area contributed by atoms with E-state index in [0.717, 1.165) is 5.56 Å². The Labute approximate surface area is 108 Å². The van der Waals surface area contributed by atoms with Crippen LogP contribution in [0.25, 0.3) is 22.0 Å². The Morgan fingerprint density at radius 3 is 2.44 bits per heavy atom. The summed E-state index contributed by atoms with van der Waals surface area (Å²) in [6, 6.07) is 8.62. The summed E-state index contributed by atoms with van der Waals surface area (Å²) < 4.78 is 3.95. The van der Waals surface area contributed by atoms with Crippen molar-refractivity contribution in [2.75, 3.05) is 0 Å². The van der Waals surface area contributed by atoms with E-state index >= 15 is 0 Å². The van der Waals surface area contributed by atoms with Crippen molar-refractivity contribution in [1.82, 2.24) is 14.3 Å². The van der Waals surface area contributed by atoms with Gasteiger partial charge in [0.1, 0.15) is 0 Å². The molecular formula is C15H19N3. The molecule has 2 heterocycles. The summed E-state index contributed by atoms with van der Waals surface area (Å²) in [4.78, 5) is 0. The van der Waals surface area contributed by atoms with E-state index in [9.17, 15) is 0 Å². The number of aromatic nitrogens is 3. The van der Waals surface area contributed by atoms with Crippen molar-refractivity contribution < 1.29 is 0 Å². The van der Waals surface area contributed by atoms with E-state index in [0.29, 0.717) is 0 Å². The Bertz CT molecular complexity index is 647. The van der Waals surface area contributed by atoms with E-state index < -0.39 is 0 Å². The molecule has 1 aromatic carbocycles. The van der Waals surface area contributed by atoms with Gasteiger partial charge in [-0.15, -0.1) is 0 Å². The number of nitrogens with zero attached hydrogens (tertiary/aromatic N) is 3. The standard InChI is InChI=1S/C13H13N3.C2H6/c1-15-6-5-11-7-10(3-4-13(11)15)12-8-14-16(2)9-12;1-2/h3-9H,1-2H3;1-2H3. The van der Waals surface area contributed by atoms with Crippen LogP contribution in [0.2, 0.25) is 0 Å². The van der Waals surface area contributed by atoms with Crippen molar-refractivity contribution in [2.24, 2.45) is 14.1 Å². The number of fused-ring (bicyclic) bond motifs is 1. The summed E-state index contributed by atoms with van der Waals surface area (Å²) in [6.07, 6.45) is 6.01. The second kappa shape index (κ2) is 5.08. The van der Waals surface area contributed by atoms with Crippen molar-refractivity contribution in [3.05, 3.63) is 42.9 Å². The molecule has 0 fully saturated rings. The molecule has 0 aliphatic carbocycles. The van der Waals surface area contributed by atoms with E-state index in [1.807, 2.05) is 38.0 Å². The summed E-state index contributed by atoms with van der Waals surface area (Å²) in [5.74, 6) is 0. The molecule has 0 radical (unpaired) electrons. The third-order valence-electron chi connectivity index (χ3n) is 2.92. The van der Waals surface area contributed by atoms with E-state index in [1.54, 1.807) is 0 Å². The van der Waals surface area contributed by atoms with E-state index in [2.05, 4.69) is 47.2 Å². The van der Waals surface area contributed by atoms with Gasteiger partial charge in [-0.05, 0) is 23.8 Å². The van der Waals surface area contributed by atoms with Gasteiger partial charge >= 0.3 is 0 Å². The maximum absolute atomic E-state index is 4.19. The van der Waals surface area contributed by atoms with Crippen LogP contribution in [0.5, 0.6) is 0 Å². The van der Waals surface area contributed by atoms with Gasteiger partial charge in [0, 0.05) is 43.0 Å². The molecule has 94 valence electrons. The lowest BCUT2D eigenvalue weighted by atomic mass is 10.1. The molecule has 3 heteroatoms. The highest BCUT2D eigenvalue weighted by Crippen LogP contribution is 2.24. The van der Waals surface area contributed by atoms with Crippen LogP contribution in [0.4, 0.5) is 0 Å². The molecule has 3 rings (SSSR count). The lowest BCUT2D eigenvalue weighted by molar-refractivity contribution is 0.768. The van der Waals surface area contributed by atoms with Gasteiger partial charge in [-0.25, -0.2) is 0 Å². The zero-order chi connectivity index (χ0) is 13.1. The molecule has 3 aromatic rings. The number of benzene rings is 1. The van der Waals surface area contributed by atoms with Gasteiger partial charge in [0.05, 0.1) is 6.20 Å². The summed E-state index contributed by atoms with van der Waals surface area (Å²) in [5, 5.41) is 5.46. The van der Waals surface area contributed by atoms with Gasteiger partial charge in [0.25, 0.3) is 0 Å². The van der Waals surface area contributed by atoms with Gasteiger partial charge in [0.2, 0.25) is 0 Å². The zero-order valence-electron chi connectivity index (χ0n) is 11.4. The monoisotopic (exact) mass is 241 g/mol. The first-order valence-corrected chi connectivity index (χ1v) is 6.28. The van der Waals surface area contributed by atoms with Crippen molar-refractivity contribution >= 4 is 10.9 Å². The Balaban J connectivity index is 0.000000574. The van der Waals surface area contributed by atoms with E-state index in [1.165, 1.54) is 16.5 Å². The number of rotatable bonds is 1. The molecule has 3 nitrogen and oxygen atoms in total. The van der Waals surface area contributed by atoms with Crippen molar-refractivity contribution in [1.29, 1.82) is 0 Å². The van der Waals surface area contributed by atoms with Crippen LogP contribution in [0, 0.1) is 0 Å². The fourth-order valence-electron chi connectivity index (χ4n) is 2.03. The minimum atomic E-state index is 1.16. The van der Waals surface area contributed by atoms with Gasteiger partial charge in [-0.3, -0.25) is 4.68 Å². The maximum atomic E-state index is 4.19. The van der Waals surface area contributed by atoms with Gasteiger partial charge in [-0.2, -0.15) is 5.10 Å². The lowest BCUT2D eigenvalue weighted by Gasteiger charge is -1.99. The van der Waals surface area contributed by atoms with Crippen LogP contribution in [-0.2, 0) is 14.1 Å². The van der Waals surface area contributed by atoms with Crippen molar-refractivity contribution in [3.63, 3.8) is 0 Å². The highest BCUT2D eigenvalue weighted by molar-refractivity contribution is 5.85. The minimum absolute atomic E-state index is 1.16. The lowest BCUT2D eigenvalue weighted by Crippen LogP contribution is -1.84. The molecule has 0 spiro atoms. The quantitative estimate of drug-likeness (QED) is 0.638. The first-order valence-electron chi connectivity index (χ1n) is 6.28. The summed E-state index contributed by atoms with van der Waals surface area (Å²) in [5.41, 5.74) is 3.63. The highest BCUT2D eigenvalue weighted by atomic mass is 15.2. The third-order valence-corrected chi connectivity index (χ3v) is 2.92. The summed E-state index contributed by atoms with van der Waals surface area (Å²) in [7, 11) is 4.00. The van der Waals surface area contributed by atoms with Crippen LogP contribution < -0.4 is 0 Å². The molecule has 0 atom stereocenters. The first-order chi connectivity index (χ1) is 8.74. The normalized spacial score (nSPS) is 10.2. The molecule has 0 saturated carbocycles. The van der Waals surface area contributed by atoms with Crippen LogP contribution >= 0.6 is 0 Å². The fraction of sp³-hybridized carbons (Fsp3) is 0.267. The second-order valence-electron chi connectivity index (χ2n) is 4.10. The molecule has 0 amide bonds. The summed E-state index contributed by atoms with van der Waals surface area (Å²) >= 11 is 0. The maximum Gasteiger partial charge on any atom is 0.0568 e. The topological polar surface area (TPSA) is 22.8 Å². The Morgan fingerprint density at radius 1 is 1.00 bits per heavy atom. The number of hydrogen-bond donors (Lipinski definition) is 0. The van der Waals surface area contributed by atoms with Gasteiger partial charge in [-0.1, -0.05) is 19.9 Å². The van der Waals surface area contributed by atoms with Crippen molar-refractivity contribution in [3.8, 4) is 11.1 Å². The largest absolute Gasteiger partial charge is 0.351 e. The molecule has 0 bridgehead atoms. The average molecular weight is 241 g/mol. The summed E-state index contributed by atoms with van der Waals surface area (Å²) in [6.45, 7) is 4.00. The molecule has 0 aliphatic heterocycles. The number of aryl methyl sites for hydroxylation is 2. The fourth-order valence-corrected chi connectivity index (χ4v) is 2.03. The zero-order valence-corrected chi connectivity index (χ0v) is 11.4. The van der Waals surface area contributed by atoms with Crippen LogP contribution in [0.15, 0.2) is 42.9 Å². The van der Waals surface area contributed by atoms with Crippen molar-refractivity contribution in [2.45, 2.75) is 13.8 Å². The average Bonchev–Trinajstić information content (AvgIpc) is 2.99. The first kappa shape index (κ1) is 12.4. The third kappa shape index (κ3) is 2.16. The number of hydrogen-bond acceptors (Lipinski definition) is 1. The van der Waals surface area contributed by atoms with Crippen LogP contribution in [-0.4, -0.2) is 14.3 Å². The van der Waals surface area contributed by atoms with E-state index in [4.69, 9.17) is 0 Å². The van der Waals surface area contributed by atoms with Gasteiger partial charge < -0.3 is 4.57 Å². The molecule has 0 unspecified atom stereocenters. The predicted octanol–water partition coefficient (Wildman–Crippen LogP) is 3.61. The Hall–Kier alpha value is -2.03. The molecule has 18 heavy (non-hydrogen) atoms. The van der Waals surface area contributed by atoms with E-state index in [-0.39, 0.29) is 0 Å². The SMILES string of the molecule is CC.Cn1cc(-c2ccc3c(ccn3C)c2)cn1. The molecule has 0 saturated heterocycles. The van der Waals surface area contributed by atoms with Crippen LogP contribution in [0.3, 0.4) is 0 Å². The molecular weight excluding hydrogens is 222 g/mol. The highest BCUT2D eigenvalue weighted by Gasteiger charge is 2.03. The smallest absolute Gasteiger partial charge is 0.0568 e. The minimum Gasteiger partial charge on any atom is -0.351 e. The molecule has 2 aromatic heterocycles.